The zero-order valence-corrected chi connectivity index (χ0v) is 37.7. The maximum atomic E-state index is 14.2. The van der Waals surface area contributed by atoms with Crippen molar-refractivity contribution in [1.82, 2.24) is 4.31 Å². The molecule has 0 saturated heterocycles. The Hall–Kier alpha value is -1.77. The van der Waals surface area contributed by atoms with Gasteiger partial charge >= 0.3 is 0 Å². The van der Waals surface area contributed by atoms with E-state index in [-0.39, 0.29) is 28.2 Å². The number of halogens is 1. The number of hydrogen-bond donors (Lipinski definition) is 0. The van der Waals surface area contributed by atoms with Gasteiger partial charge in [0.1, 0.15) is 9.77 Å². The first-order chi connectivity index (χ1) is 24.6. The predicted octanol–water partition coefficient (Wildman–Crippen LogP) is 10.3. The van der Waals surface area contributed by atoms with Crippen LogP contribution in [-0.2, 0) is 20.9 Å². The fraction of sp³-hybridized carbons (Fsp3) is 0.342. The molecule has 0 bridgehead atoms. The first kappa shape index (κ1) is 37.2. The highest BCUT2D eigenvalue weighted by atomic mass is 79.9. The molecule has 1 amide bonds. The standard InChI is InChI=1S/C38H38B2BrNO3S7/c1-7-37(3,4)23-17-19-27(21-11-13-25(40)47-21)29-18(26(30(19)49-23)20-10-12-24(39)46-20)16-22(48-29)31-32-28(35(51-31)38(5,6)8-2)34-33(50-32)36(43)42(15-9-14-41)52(34,44)45/h10-13,16-17H,7-9,14-15,39-40H2,1-6H3. The zero-order chi connectivity index (χ0) is 37.1. The molecule has 52 heavy (non-hydrogen) atoms. The number of rotatable bonds is 10. The molecule has 0 radical (unpaired) electrons. The second-order valence-electron chi connectivity index (χ2n) is 14.9. The van der Waals surface area contributed by atoms with Crippen molar-refractivity contribution in [3.63, 3.8) is 0 Å². The third-order valence-corrected chi connectivity index (χ3v) is 21.0. The fourth-order valence-electron chi connectivity index (χ4n) is 6.94. The van der Waals surface area contributed by atoms with Gasteiger partial charge in [-0.3, -0.25) is 4.79 Å². The van der Waals surface area contributed by atoms with Gasteiger partial charge in [-0.15, -0.1) is 45.3 Å². The summed E-state index contributed by atoms with van der Waals surface area (Å²) in [5, 5.41) is 3.94. The number of sulfonamides is 1. The Labute approximate surface area is 339 Å². The number of amides is 1. The summed E-state index contributed by atoms with van der Waals surface area (Å²) >= 11 is 14.0. The predicted molar refractivity (Wildman–Crippen MR) is 242 cm³/mol. The van der Waals surface area contributed by atoms with E-state index in [9.17, 15) is 13.2 Å². The summed E-state index contributed by atoms with van der Waals surface area (Å²) in [7, 11) is 0.388. The van der Waals surface area contributed by atoms with Gasteiger partial charge in [0.25, 0.3) is 15.9 Å². The van der Waals surface area contributed by atoms with Crippen LogP contribution >= 0.6 is 84.0 Å². The number of fused-ring (bicyclic) bond motifs is 5. The van der Waals surface area contributed by atoms with Crippen molar-refractivity contribution in [3.8, 4) is 30.6 Å². The highest BCUT2D eigenvalue weighted by Gasteiger charge is 2.47. The van der Waals surface area contributed by atoms with Gasteiger partial charge < -0.3 is 0 Å². The van der Waals surface area contributed by atoms with Gasteiger partial charge in [-0.2, -0.15) is 22.7 Å². The van der Waals surface area contributed by atoms with E-state index in [0.717, 1.165) is 41.9 Å². The number of carbonyl (C=O) groups excluding carboxylic acids is 1. The first-order valence-electron chi connectivity index (χ1n) is 17.5. The van der Waals surface area contributed by atoms with E-state index in [1.807, 2.05) is 45.3 Å². The minimum absolute atomic E-state index is 0.0553. The van der Waals surface area contributed by atoms with E-state index in [2.05, 4.69) is 110 Å². The molecule has 0 fully saturated rings. The van der Waals surface area contributed by atoms with Crippen LogP contribution in [0.25, 0.3) is 60.9 Å². The van der Waals surface area contributed by atoms with Crippen LogP contribution in [0.15, 0.2) is 41.3 Å². The summed E-state index contributed by atoms with van der Waals surface area (Å²) in [6, 6.07) is 13.8. The van der Waals surface area contributed by atoms with Crippen molar-refractivity contribution in [3.05, 3.63) is 51.0 Å². The molecule has 0 N–H and O–H groups in total. The second-order valence-corrected chi connectivity index (χ2v) is 24.2. The van der Waals surface area contributed by atoms with Crippen LogP contribution in [0.5, 0.6) is 0 Å². The Morgan fingerprint density at radius 3 is 1.88 bits per heavy atom. The molecular weight excluding hydrogens is 844 g/mol. The minimum Gasteiger partial charge on any atom is -0.267 e. The van der Waals surface area contributed by atoms with E-state index in [0.29, 0.717) is 16.6 Å². The van der Waals surface area contributed by atoms with Crippen molar-refractivity contribution in [1.29, 1.82) is 0 Å². The molecule has 7 aromatic rings. The molecule has 0 saturated carbocycles. The SMILES string of the molecule is Bc1ccc(-c2c3cc(C(C)(C)CC)sc3c(-c3ccc(B)s3)c3cc(-c4sc(C(C)(C)CC)c5c6c(sc45)C(=O)N(CCCBr)S6(=O)=O)sc23)s1. The molecule has 268 valence electrons. The number of alkyl halides is 1. The van der Waals surface area contributed by atoms with Gasteiger partial charge in [-0.25, -0.2) is 12.7 Å². The fourth-order valence-corrected chi connectivity index (χ4v) is 17.1. The summed E-state index contributed by atoms with van der Waals surface area (Å²) < 4.78 is 35.5. The highest BCUT2D eigenvalue weighted by molar-refractivity contribution is 9.09. The van der Waals surface area contributed by atoms with Crippen molar-refractivity contribution >= 4 is 155 Å². The molecule has 8 rings (SSSR count). The van der Waals surface area contributed by atoms with Crippen LogP contribution in [0.4, 0.5) is 0 Å². The van der Waals surface area contributed by atoms with Crippen molar-refractivity contribution in [2.24, 2.45) is 0 Å². The van der Waals surface area contributed by atoms with Crippen LogP contribution in [0.3, 0.4) is 0 Å². The molecule has 4 nitrogen and oxygen atoms in total. The Bertz CT molecular complexity index is 2590. The Kier molecular flexibility index (Phi) is 9.42. The third-order valence-electron chi connectivity index (χ3n) is 10.7. The maximum Gasteiger partial charge on any atom is 0.279 e. The summed E-state index contributed by atoms with van der Waals surface area (Å²) in [6.45, 7) is 13.7. The van der Waals surface area contributed by atoms with Crippen molar-refractivity contribution < 1.29 is 13.2 Å². The van der Waals surface area contributed by atoms with Gasteiger partial charge in [-0.05, 0) is 63.9 Å². The summed E-state index contributed by atoms with van der Waals surface area (Å²) in [5.74, 6) is -0.388. The molecule has 6 aromatic heterocycles. The average molecular weight is 883 g/mol. The van der Waals surface area contributed by atoms with Gasteiger partial charge in [0, 0.05) is 72.9 Å². The van der Waals surface area contributed by atoms with Gasteiger partial charge in [-0.1, -0.05) is 69.6 Å². The Morgan fingerprint density at radius 2 is 1.33 bits per heavy atom. The Balaban J connectivity index is 1.47. The summed E-state index contributed by atoms with van der Waals surface area (Å²) in [6.07, 6.45) is 2.47. The van der Waals surface area contributed by atoms with Crippen molar-refractivity contribution in [2.75, 3.05) is 11.9 Å². The normalized spacial score (nSPS) is 14.9. The number of benzene rings is 1. The summed E-state index contributed by atoms with van der Waals surface area (Å²) in [5.41, 5.74) is 2.36. The Morgan fingerprint density at radius 1 is 0.731 bits per heavy atom. The monoisotopic (exact) mass is 881 g/mol. The van der Waals surface area contributed by atoms with E-state index in [1.54, 1.807) is 11.3 Å². The van der Waals surface area contributed by atoms with Crippen molar-refractivity contribution in [2.45, 2.75) is 76.5 Å². The van der Waals surface area contributed by atoms with E-state index in [1.165, 1.54) is 66.8 Å². The molecule has 0 atom stereocenters. The molecule has 7 heterocycles. The molecule has 1 aromatic carbocycles. The zero-order valence-electron chi connectivity index (χ0n) is 30.4. The van der Waals surface area contributed by atoms with Crippen LogP contribution in [0, 0.1) is 0 Å². The lowest BCUT2D eigenvalue weighted by atomic mass is 9.87. The second kappa shape index (κ2) is 13.2. The van der Waals surface area contributed by atoms with Gasteiger partial charge in [0.05, 0.1) is 9.58 Å². The first-order valence-corrected chi connectivity index (χ1v) is 25.0. The number of carbonyl (C=O) groups is 1. The molecule has 1 aliphatic rings. The average Bonchev–Trinajstić information content (AvgIpc) is 3.95. The van der Waals surface area contributed by atoms with E-state index >= 15 is 0 Å². The third kappa shape index (κ3) is 5.63. The molecular formula is C38H38B2BrNO3S7. The quantitative estimate of drug-likeness (QED) is 0.102. The highest BCUT2D eigenvalue weighted by Crippen LogP contribution is 2.58. The lowest BCUT2D eigenvalue weighted by Crippen LogP contribution is -2.31. The van der Waals surface area contributed by atoms with Crippen LogP contribution in [-0.4, -0.2) is 46.2 Å². The van der Waals surface area contributed by atoms with Crippen LogP contribution in [0.2, 0.25) is 0 Å². The maximum absolute atomic E-state index is 14.2. The molecule has 1 aliphatic heterocycles. The number of thiophene rings is 6. The molecule has 0 aliphatic carbocycles. The van der Waals surface area contributed by atoms with Gasteiger partial charge in [0.2, 0.25) is 0 Å². The van der Waals surface area contributed by atoms with E-state index in [4.69, 9.17) is 0 Å². The molecule has 0 spiro atoms. The smallest absolute Gasteiger partial charge is 0.267 e. The topological polar surface area (TPSA) is 54.5 Å². The van der Waals surface area contributed by atoms with E-state index < -0.39 is 10.0 Å². The molecule has 0 unspecified atom stereocenters. The molecule has 14 heteroatoms. The lowest BCUT2D eigenvalue weighted by Gasteiger charge is -2.22. The number of nitrogens with zero attached hydrogens (tertiary/aromatic N) is 1. The van der Waals surface area contributed by atoms with Gasteiger partial charge in [0.15, 0.2) is 15.7 Å². The van der Waals surface area contributed by atoms with Crippen LogP contribution < -0.4 is 9.55 Å². The minimum atomic E-state index is -3.97. The largest absolute Gasteiger partial charge is 0.279 e. The number of hydrogen-bond acceptors (Lipinski definition) is 9. The lowest BCUT2D eigenvalue weighted by molar-refractivity contribution is 0.0875. The van der Waals surface area contributed by atoms with Crippen LogP contribution in [0.1, 0.15) is 80.2 Å². The summed E-state index contributed by atoms with van der Waals surface area (Å²) in [4.78, 5) is 21.6.